The predicted molar refractivity (Wildman–Crippen MR) is 103 cm³/mol. The highest BCUT2D eigenvalue weighted by Gasteiger charge is 2.32. The van der Waals surface area contributed by atoms with Crippen molar-refractivity contribution in [3.05, 3.63) is 35.4 Å². The number of hydrogen-bond donors (Lipinski definition) is 1. The van der Waals surface area contributed by atoms with Crippen molar-refractivity contribution in [2.24, 2.45) is 0 Å². The summed E-state index contributed by atoms with van der Waals surface area (Å²) < 4.78 is 0. The van der Waals surface area contributed by atoms with Crippen LogP contribution in [0.3, 0.4) is 0 Å². The smallest absolute Gasteiger partial charge is 0.253 e. The molecule has 0 spiro atoms. The first-order valence-electron chi connectivity index (χ1n) is 10.5. The number of carbonyl (C=O) groups excluding carboxylic acids is 1. The summed E-state index contributed by atoms with van der Waals surface area (Å²) in [5, 5.41) is 11.0. The average molecular weight is 357 g/mol. The minimum absolute atomic E-state index is 0.141. The molecule has 1 heterocycles. The van der Waals surface area contributed by atoms with Crippen molar-refractivity contribution in [2.75, 3.05) is 26.2 Å². The zero-order valence-corrected chi connectivity index (χ0v) is 15.8. The predicted octanol–water partition coefficient (Wildman–Crippen LogP) is 3.54. The van der Waals surface area contributed by atoms with Gasteiger partial charge in [-0.2, -0.15) is 0 Å². The van der Waals surface area contributed by atoms with Crippen LogP contribution in [-0.2, 0) is 5.60 Å². The van der Waals surface area contributed by atoms with Crippen molar-refractivity contribution >= 4 is 5.91 Å². The number of hydrogen-bond acceptors (Lipinski definition) is 3. The number of carbonyl (C=O) groups is 1. The molecular formula is C22H32N2O2. The van der Waals surface area contributed by atoms with Gasteiger partial charge in [-0.3, -0.25) is 9.69 Å². The van der Waals surface area contributed by atoms with E-state index in [1.165, 1.54) is 25.7 Å². The first-order valence-corrected chi connectivity index (χ1v) is 10.5. The third-order valence-corrected chi connectivity index (χ3v) is 6.48. The summed E-state index contributed by atoms with van der Waals surface area (Å²) in [7, 11) is 0. The lowest BCUT2D eigenvalue weighted by Crippen LogP contribution is -2.35. The maximum Gasteiger partial charge on any atom is 0.253 e. The molecule has 0 bridgehead atoms. The Labute approximate surface area is 157 Å². The fourth-order valence-corrected chi connectivity index (χ4v) is 4.65. The van der Waals surface area contributed by atoms with E-state index in [1.54, 1.807) is 0 Å². The summed E-state index contributed by atoms with van der Waals surface area (Å²) in [5.74, 6) is 0.141. The van der Waals surface area contributed by atoms with Crippen LogP contribution >= 0.6 is 0 Å². The Bertz CT molecular complexity index is 616. The van der Waals surface area contributed by atoms with Crippen molar-refractivity contribution < 1.29 is 9.90 Å². The molecule has 3 fully saturated rings. The molecule has 3 aliphatic rings. The molecule has 4 heteroatoms. The average Bonchev–Trinajstić information content (AvgIpc) is 3.50. The number of nitrogens with zero attached hydrogens (tertiary/aromatic N) is 2. The van der Waals surface area contributed by atoms with Gasteiger partial charge in [-0.05, 0) is 49.8 Å². The lowest BCUT2D eigenvalue weighted by molar-refractivity contribution is 0.0207. The number of benzene rings is 1. The van der Waals surface area contributed by atoms with Crippen molar-refractivity contribution in [2.45, 2.75) is 69.4 Å². The van der Waals surface area contributed by atoms with E-state index in [1.807, 2.05) is 29.2 Å². The van der Waals surface area contributed by atoms with Crippen LogP contribution in [0.5, 0.6) is 0 Å². The second-order valence-corrected chi connectivity index (χ2v) is 8.44. The van der Waals surface area contributed by atoms with Gasteiger partial charge in [0.25, 0.3) is 5.91 Å². The molecule has 1 aromatic rings. The molecule has 1 aliphatic heterocycles. The molecule has 2 aliphatic carbocycles. The molecule has 0 unspecified atom stereocenters. The lowest BCUT2D eigenvalue weighted by Gasteiger charge is -2.27. The van der Waals surface area contributed by atoms with Gasteiger partial charge in [-0.15, -0.1) is 0 Å². The monoisotopic (exact) mass is 356 g/mol. The van der Waals surface area contributed by atoms with E-state index in [0.29, 0.717) is 0 Å². The van der Waals surface area contributed by atoms with Crippen LogP contribution in [0.2, 0.25) is 0 Å². The Morgan fingerprint density at radius 3 is 2.23 bits per heavy atom. The molecule has 1 aromatic carbocycles. The molecule has 1 amide bonds. The van der Waals surface area contributed by atoms with Gasteiger partial charge in [-0.25, -0.2) is 0 Å². The molecule has 0 aromatic heterocycles. The standard InChI is InChI=1S/C22H32N2O2/c25-21(24-15-5-14-23(16-17-24)20-10-11-20)18-6-8-19(9-7-18)22(26)12-3-1-2-4-13-22/h6-9,20,26H,1-5,10-17H2. The largest absolute Gasteiger partial charge is 0.385 e. The van der Waals surface area contributed by atoms with Crippen molar-refractivity contribution in [3.8, 4) is 0 Å². The first-order chi connectivity index (χ1) is 12.7. The van der Waals surface area contributed by atoms with Crippen LogP contribution in [0.25, 0.3) is 0 Å². The van der Waals surface area contributed by atoms with Crippen molar-refractivity contribution in [1.29, 1.82) is 0 Å². The quantitative estimate of drug-likeness (QED) is 0.843. The summed E-state index contributed by atoms with van der Waals surface area (Å²) in [4.78, 5) is 17.5. The van der Waals surface area contributed by atoms with Gasteiger partial charge in [0.05, 0.1) is 5.60 Å². The number of aliphatic hydroxyl groups is 1. The minimum atomic E-state index is -0.703. The van der Waals surface area contributed by atoms with E-state index < -0.39 is 5.60 Å². The van der Waals surface area contributed by atoms with Crippen LogP contribution < -0.4 is 0 Å². The van der Waals surface area contributed by atoms with E-state index in [0.717, 1.165) is 75.5 Å². The van der Waals surface area contributed by atoms with Crippen LogP contribution in [0.4, 0.5) is 0 Å². The topological polar surface area (TPSA) is 43.8 Å². The summed E-state index contributed by atoms with van der Waals surface area (Å²) in [6, 6.07) is 8.58. The van der Waals surface area contributed by atoms with Gasteiger partial charge in [0.1, 0.15) is 0 Å². The SMILES string of the molecule is O=C(c1ccc(C2(O)CCCCCC2)cc1)N1CCCN(C2CC2)CC1. The van der Waals surface area contributed by atoms with Gasteiger partial charge in [0.15, 0.2) is 0 Å². The molecule has 1 saturated heterocycles. The Morgan fingerprint density at radius 2 is 1.58 bits per heavy atom. The van der Waals surface area contributed by atoms with Crippen molar-refractivity contribution in [3.63, 3.8) is 0 Å². The second kappa shape index (κ2) is 7.69. The van der Waals surface area contributed by atoms with Gasteiger partial charge in [-0.1, -0.05) is 37.8 Å². The molecule has 0 atom stereocenters. The zero-order chi connectivity index (χ0) is 18.0. The molecule has 142 valence electrons. The highest BCUT2D eigenvalue weighted by Crippen LogP contribution is 2.36. The molecule has 2 saturated carbocycles. The van der Waals surface area contributed by atoms with Crippen molar-refractivity contribution in [1.82, 2.24) is 9.80 Å². The Balaban J connectivity index is 1.41. The molecule has 4 rings (SSSR count). The van der Waals surface area contributed by atoms with Gasteiger partial charge in [0.2, 0.25) is 0 Å². The van der Waals surface area contributed by atoms with Gasteiger partial charge in [0, 0.05) is 37.8 Å². The zero-order valence-electron chi connectivity index (χ0n) is 15.8. The molecule has 4 nitrogen and oxygen atoms in total. The highest BCUT2D eigenvalue weighted by atomic mass is 16.3. The van der Waals surface area contributed by atoms with E-state index in [4.69, 9.17) is 0 Å². The second-order valence-electron chi connectivity index (χ2n) is 8.44. The lowest BCUT2D eigenvalue weighted by atomic mass is 9.86. The summed E-state index contributed by atoms with van der Waals surface area (Å²) >= 11 is 0. The summed E-state index contributed by atoms with van der Waals surface area (Å²) in [6.45, 7) is 3.82. The summed E-state index contributed by atoms with van der Waals surface area (Å²) in [6.07, 6.45) is 10.0. The number of amides is 1. The van der Waals surface area contributed by atoms with E-state index >= 15 is 0 Å². The minimum Gasteiger partial charge on any atom is -0.385 e. The third kappa shape index (κ3) is 3.96. The molecule has 0 radical (unpaired) electrons. The summed E-state index contributed by atoms with van der Waals surface area (Å²) in [5.41, 5.74) is 1.03. The van der Waals surface area contributed by atoms with Gasteiger partial charge >= 0.3 is 0 Å². The maximum absolute atomic E-state index is 12.9. The van der Waals surface area contributed by atoms with Gasteiger partial charge < -0.3 is 10.0 Å². The molecular weight excluding hydrogens is 324 g/mol. The van der Waals surface area contributed by atoms with E-state index in [9.17, 15) is 9.90 Å². The van der Waals surface area contributed by atoms with Crippen LogP contribution in [0.1, 0.15) is 73.7 Å². The van der Waals surface area contributed by atoms with Crippen LogP contribution in [0, 0.1) is 0 Å². The Morgan fingerprint density at radius 1 is 0.885 bits per heavy atom. The van der Waals surface area contributed by atoms with Crippen LogP contribution in [0.15, 0.2) is 24.3 Å². The third-order valence-electron chi connectivity index (χ3n) is 6.48. The fraction of sp³-hybridized carbons (Fsp3) is 0.682. The van der Waals surface area contributed by atoms with E-state index in [2.05, 4.69) is 4.90 Å². The first kappa shape index (κ1) is 18.0. The highest BCUT2D eigenvalue weighted by molar-refractivity contribution is 5.94. The maximum atomic E-state index is 12.9. The normalized spacial score (nSPS) is 24.7. The molecule has 26 heavy (non-hydrogen) atoms. The van der Waals surface area contributed by atoms with E-state index in [-0.39, 0.29) is 5.91 Å². The number of rotatable bonds is 3. The Hall–Kier alpha value is -1.39. The molecule has 1 N–H and O–H groups in total. The van der Waals surface area contributed by atoms with Crippen LogP contribution in [-0.4, -0.2) is 53.0 Å². The Kier molecular flexibility index (Phi) is 5.32. The fourth-order valence-electron chi connectivity index (χ4n) is 4.65.